The standard InChI is InChI=1S/C13H12ClNO2/c1-16-9-5-7-10(8-6-9)17-13-11(14)3-2-4-12(13)15/h2-8H,15H2,1H3. The normalized spacial score (nSPS) is 10.0. The minimum absolute atomic E-state index is 0.472. The number of hydrogen-bond acceptors (Lipinski definition) is 3. The molecule has 0 fully saturated rings. The van der Waals surface area contributed by atoms with Crippen LogP contribution in [0.25, 0.3) is 0 Å². The number of benzene rings is 2. The molecule has 0 unspecified atom stereocenters. The fraction of sp³-hybridized carbons (Fsp3) is 0.0769. The van der Waals surface area contributed by atoms with E-state index in [0.717, 1.165) is 5.75 Å². The van der Waals surface area contributed by atoms with E-state index in [2.05, 4.69) is 0 Å². The number of nitrogens with two attached hydrogens (primary N) is 1. The second-order valence-electron chi connectivity index (χ2n) is 3.44. The van der Waals surface area contributed by atoms with Gasteiger partial charge in [0.05, 0.1) is 17.8 Å². The Labute approximate surface area is 105 Å². The first kappa shape index (κ1) is 11.6. The molecule has 2 aromatic rings. The highest BCUT2D eigenvalue weighted by molar-refractivity contribution is 6.32. The van der Waals surface area contributed by atoms with Gasteiger partial charge < -0.3 is 15.2 Å². The maximum Gasteiger partial charge on any atom is 0.168 e. The van der Waals surface area contributed by atoms with Gasteiger partial charge >= 0.3 is 0 Å². The number of rotatable bonds is 3. The molecule has 0 aliphatic heterocycles. The molecule has 0 saturated heterocycles. The van der Waals surface area contributed by atoms with Gasteiger partial charge in [-0.15, -0.1) is 0 Å². The number of methoxy groups -OCH3 is 1. The predicted molar refractivity (Wildman–Crippen MR) is 68.9 cm³/mol. The average molecular weight is 250 g/mol. The molecule has 0 amide bonds. The molecule has 4 heteroatoms. The smallest absolute Gasteiger partial charge is 0.168 e. The summed E-state index contributed by atoms with van der Waals surface area (Å²) in [6.07, 6.45) is 0. The zero-order chi connectivity index (χ0) is 12.3. The Hall–Kier alpha value is -1.87. The molecule has 0 aromatic heterocycles. The van der Waals surface area contributed by atoms with Crippen LogP contribution in [0.15, 0.2) is 42.5 Å². The maximum absolute atomic E-state index is 6.01. The molecule has 0 aliphatic rings. The van der Waals surface area contributed by atoms with Crippen molar-refractivity contribution in [2.45, 2.75) is 0 Å². The summed E-state index contributed by atoms with van der Waals surface area (Å²) in [5.74, 6) is 1.90. The number of hydrogen-bond donors (Lipinski definition) is 1. The lowest BCUT2D eigenvalue weighted by Gasteiger charge is -2.10. The highest BCUT2D eigenvalue weighted by Gasteiger charge is 2.06. The highest BCUT2D eigenvalue weighted by atomic mass is 35.5. The molecule has 0 bridgehead atoms. The molecular weight excluding hydrogens is 238 g/mol. The minimum Gasteiger partial charge on any atom is -0.497 e. The summed E-state index contributed by atoms with van der Waals surface area (Å²) in [4.78, 5) is 0. The van der Waals surface area contributed by atoms with E-state index in [1.807, 2.05) is 12.1 Å². The summed E-state index contributed by atoms with van der Waals surface area (Å²) in [5, 5.41) is 0.487. The summed E-state index contributed by atoms with van der Waals surface area (Å²) < 4.78 is 10.7. The third kappa shape index (κ3) is 2.63. The SMILES string of the molecule is COc1ccc(Oc2c(N)cccc2Cl)cc1. The van der Waals surface area contributed by atoms with Gasteiger partial charge in [-0.1, -0.05) is 17.7 Å². The second-order valence-corrected chi connectivity index (χ2v) is 3.84. The van der Waals surface area contributed by atoms with Gasteiger partial charge in [-0.05, 0) is 36.4 Å². The van der Waals surface area contributed by atoms with Crippen molar-refractivity contribution in [3.63, 3.8) is 0 Å². The molecule has 3 nitrogen and oxygen atoms in total. The molecule has 2 aromatic carbocycles. The Morgan fingerprint density at radius 3 is 2.24 bits per heavy atom. The molecule has 0 saturated carbocycles. The molecule has 0 radical (unpaired) electrons. The van der Waals surface area contributed by atoms with E-state index in [1.54, 1.807) is 37.4 Å². The molecular formula is C13H12ClNO2. The van der Waals surface area contributed by atoms with Crippen LogP contribution in [-0.4, -0.2) is 7.11 Å². The molecule has 0 atom stereocenters. The van der Waals surface area contributed by atoms with Crippen LogP contribution in [0.4, 0.5) is 5.69 Å². The summed E-state index contributed by atoms with van der Waals surface area (Å²) in [6, 6.07) is 12.5. The van der Waals surface area contributed by atoms with Crippen LogP contribution in [0.5, 0.6) is 17.2 Å². The summed E-state index contributed by atoms with van der Waals surface area (Å²) in [5.41, 5.74) is 6.30. The van der Waals surface area contributed by atoms with Crippen molar-refractivity contribution in [2.24, 2.45) is 0 Å². The van der Waals surface area contributed by atoms with Crippen LogP contribution >= 0.6 is 11.6 Å². The van der Waals surface area contributed by atoms with Crippen molar-refractivity contribution < 1.29 is 9.47 Å². The molecule has 0 spiro atoms. The number of nitrogen functional groups attached to an aromatic ring is 1. The van der Waals surface area contributed by atoms with Gasteiger partial charge in [0.2, 0.25) is 0 Å². The van der Waals surface area contributed by atoms with Gasteiger partial charge in [0.25, 0.3) is 0 Å². The zero-order valence-electron chi connectivity index (χ0n) is 9.31. The van der Waals surface area contributed by atoms with Crippen molar-refractivity contribution in [3.05, 3.63) is 47.5 Å². The molecule has 0 aliphatic carbocycles. The fourth-order valence-electron chi connectivity index (χ4n) is 1.39. The van der Waals surface area contributed by atoms with Gasteiger partial charge in [0, 0.05) is 0 Å². The zero-order valence-corrected chi connectivity index (χ0v) is 10.1. The van der Waals surface area contributed by atoms with Gasteiger partial charge in [-0.3, -0.25) is 0 Å². The van der Waals surface area contributed by atoms with Gasteiger partial charge in [0.1, 0.15) is 11.5 Å². The fourth-order valence-corrected chi connectivity index (χ4v) is 1.62. The van der Waals surface area contributed by atoms with Crippen molar-refractivity contribution in [1.29, 1.82) is 0 Å². The van der Waals surface area contributed by atoms with Crippen molar-refractivity contribution in [2.75, 3.05) is 12.8 Å². The van der Waals surface area contributed by atoms with E-state index in [0.29, 0.717) is 22.2 Å². The lowest BCUT2D eigenvalue weighted by Crippen LogP contribution is -1.92. The third-order valence-electron chi connectivity index (χ3n) is 2.28. The lowest BCUT2D eigenvalue weighted by molar-refractivity contribution is 0.413. The predicted octanol–water partition coefficient (Wildman–Crippen LogP) is 3.72. The topological polar surface area (TPSA) is 44.5 Å². The van der Waals surface area contributed by atoms with Gasteiger partial charge in [0.15, 0.2) is 5.75 Å². The molecule has 17 heavy (non-hydrogen) atoms. The maximum atomic E-state index is 6.01. The average Bonchev–Trinajstić information content (AvgIpc) is 2.35. The Balaban J connectivity index is 2.25. The number of ether oxygens (including phenoxy) is 2. The summed E-state index contributed by atoms with van der Waals surface area (Å²) in [6.45, 7) is 0. The Kier molecular flexibility index (Phi) is 3.40. The van der Waals surface area contributed by atoms with Crippen molar-refractivity contribution >= 4 is 17.3 Å². The number of anilines is 1. The first-order valence-corrected chi connectivity index (χ1v) is 5.44. The van der Waals surface area contributed by atoms with Crippen LogP contribution in [0, 0.1) is 0 Å². The quantitative estimate of drug-likeness (QED) is 0.843. The van der Waals surface area contributed by atoms with Crippen molar-refractivity contribution in [3.8, 4) is 17.2 Å². The van der Waals surface area contributed by atoms with E-state index in [1.165, 1.54) is 0 Å². The molecule has 88 valence electrons. The van der Waals surface area contributed by atoms with E-state index in [-0.39, 0.29) is 0 Å². The molecule has 2 N–H and O–H groups in total. The Morgan fingerprint density at radius 2 is 1.65 bits per heavy atom. The number of halogens is 1. The van der Waals surface area contributed by atoms with E-state index < -0.39 is 0 Å². The van der Waals surface area contributed by atoms with Gasteiger partial charge in [-0.25, -0.2) is 0 Å². The second kappa shape index (κ2) is 4.97. The van der Waals surface area contributed by atoms with E-state index in [9.17, 15) is 0 Å². The van der Waals surface area contributed by atoms with Crippen LogP contribution in [0.3, 0.4) is 0 Å². The van der Waals surface area contributed by atoms with E-state index >= 15 is 0 Å². The summed E-state index contributed by atoms with van der Waals surface area (Å²) >= 11 is 6.01. The lowest BCUT2D eigenvalue weighted by atomic mass is 10.3. The largest absolute Gasteiger partial charge is 0.497 e. The first-order chi connectivity index (χ1) is 8.20. The van der Waals surface area contributed by atoms with Crippen molar-refractivity contribution in [1.82, 2.24) is 0 Å². The number of para-hydroxylation sites is 1. The van der Waals surface area contributed by atoms with Crippen LogP contribution in [0.2, 0.25) is 5.02 Å². The molecule has 0 heterocycles. The monoisotopic (exact) mass is 249 g/mol. The third-order valence-corrected chi connectivity index (χ3v) is 2.57. The Bertz CT molecular complexity index is 491. The van der Waals surface area contributed by atoms with Gasteiger partial charge in [-0.2, -0.15) is 0 Å². The van der Waals surface area contributed by atoms with Crippen LogP contribution in [-0.2, 0) is 0 Å². The Morgan fingerprint density at radius 1 is 1.00 bits per heavy atom. The minimum atomic E-state index is 0.472. The first-order valence-electron chi connectivity index (χ1n) is 5.06. The summed E-state index contributed by atoms with van der Waals surface area (Å²) in [7, 11) is 1.61. The van der Waals surface area contributed by atoms with E-state index in [4.69, 9.17) is 26.8 Å². The van der Waals surface area contributed by atoms with Crippen LogP contribution < -0.4 is 15.2 Å². The molecule has 2 rings (SSSR count). The van der Waals surface area contributed by atoms with Crippen LogP contribution in [0.1, 0.15) is 0 Å². The highest BCUT2D eigenvalue weighted by Crippen LogP contribution is 2.34.